The minimum atomic E-state index is -0.0881. The Labute approximate surface area is 108 Å². The van der Waals surface area contributed by atoms with E-state index in [-0.39, 0.29) is 36.0 Å². The summed E-state index contributed by atoms with van der Waals surface area (Å²) in [6.45, 7) is 2.83. The summed E-state index contributed by atoms with van der Waals surface area (Å²) in [5.41, 5.74) is 0. The molecule has 0 atom stereocenters. The summed E-state index contributed by atoms with van der Waals surface area (Å²) >= 11 is 0. The predicted octanol–water partition coefficient (Wildman–Crippen LogP) is 2.42. The fraction of sp³-hybridized carbons (Fsp3) is 0.714. The maximum absolute atomic E-state index is 11.2. The Kier molecular flexibility index (Phi) is 8.97. The summed E-state index contributed by atoms with van der Waals surface area (Å²) in [6.07, 6.45) is 4.28. The minimum absolute atomic E-state index is 0.00449. The Morgan fingerprint density at radius 2 is 0.944 bits per heavy atom. The first-order chi connectivity index (χ1) is 8.41. The molecule has 4 nitrogen and oxygen atoms in total. The highest BCUT2D eigenvalue weighted by Gasteiger charge is 2.06. The Morgan fingerprint density at radius 1 is 0.611 bits per heavy atom. The van der Waals surface area contributed by atoms with Crippen LogP contribution in [0.1, 0.15) is 65.2 Å². The normalized spacial score (nSPS) is 10.1. The third-order valence-corrected chi connectivity index (χ3v) is 2.55. The fourth-order valence-corrected chi connectivity index (χ4v) is 1.73. The van der Waals surface area contributed by atoms with E-state index in [1.807, 2.05) is 0 Å². The Hall–Kier alpha value is -1.32. The number of hydrogen-bond donors (Lipinski definition) is 0. The van der Waals surface area contributed by atoms with Gasteiger partial charge < -0.3 is 0 Å². The number of Topliss-reactive ketones (excluding diaryl/α,β-unsaturated/α-hetero) is 4. The highest BCUT2D eigenvalue weighted by molar-refractivity contribution is 5.98. The monoisotopic (exact) mass is 254 g/mol. The topological polar surface area (TPSA) is 68.3 Å². The summed E-state index contributed by atoms with van der Waals surface area (Å²) in [5, 5.41) is 0. The molecule has 0 amide bonds. The highest BCUT2D eigenvalue weighted by atomic mass is 16.2. The van der Waals surface area contributed by atoms with Crippen molar-refractivity contribution in [1.82, 2.24) is 0 Å². The van der Waals surface area contributed by atoms with Crippen LogP contribution in [0, 0.1) is 0 Å². The summed E-state index contributed by atoms with van der Waals surface area (Å²) in [5.74, 6) is -0.185. The molecule has 0 saturated heterocycles. The summed E-state index contributed by atoms with van der Waals surface area (Å²) < 4.78 is 0. The Bertz CT molecular complexity index is 286. The summed E-state index contributed by atoms with van der Waals surface area (Å²) in [4.78, 5) is 43.7. The lowest BCUT2D eigenvalue weighted by Crippen LogP contribution is -2.04. The van der Waals surface area contributed by atoms with Gasteiger partial charge in [-0.05, 0) is 26.7 Å². The van der Waals surface area contributed by atoms with Gasteiger partial charge in [0.15, 0.2) is 0 Å². The van der Waals surface area contributed by atoms with E-state index in [1.54, 1.807) is 0 Å². The lowest BCUT2D eigenvalue weighted by Gasteiger charge is -2.00. The molecule has 0 heterocycles. The van der Waals surface area contributed by atoms with Crippen molar-refractivity contribution >= 4 is 23.1 Å². The molecule has 0 N–H and O–H groups in total. The highest BCUT2D eigenvalue weighted by Crippen LogP contribution is 2.08. The zero-order chi connectivity index (χ0) is 14.0. The van der Waals surface area contributed by atoms with Crippen LogP contribution in [-0.2, 0) is 19.2 Å². The molecule has 0 aromatic rings. The van der Waals surface area contributed by atoms with Crippen LogP contribution in [0.4, 0.5) is 0 Å². The van der Waals surface area contributed by atoms with E-state index >= 15 is 0 Å². The average molecular weight is 254 g/mol. The molecule has 0 aliphatic heterocycles. The van der Waals surface area contributed by atoms with Gasteiger partial charge in [0.05, 0.1) is 12.8 Å². The van der Waals surface area contributed by atoms with Gasteiger partial charge in [-0.3, -0.25) is 19.2 Å². The Balaban J connectivity index is 3.41. The molecule has 0 fully saturated rings. The lowest BCUT2D eigenvalue weighted by atomic mass is 10.0. The second kappa shape index (κ2) is 9.68. The van der Waals surface area contributed by atoms with Crippen LogP contribution >= 0.6 is 0 Å². The van der Waals surface area contributed by atoms with Crippen molar-refractivity contribution in [3.05, 3.63) is 0 Å². The van der Waals surface area contributed by atoms with Crippen molar-refractivity contribution in [1.29, 1.82) is 0 Å². The summed E-state index contributed by atoms with van der Waals surface area (Å²) in [6, 6.07) is 0. The molecule has 0 rings (SSSR count). The van der Waals surface area contributed by atoms with E-state index in [9.17, 15) is 19.2 Å². The van der Waals surface area contributed by atoms with Crippen LogP contribution in [0.25, 0.3) is 0 Å². The average Bonchev–Trinajstić information content (AvgIpc) is 2.20. The molecular formula is C14H22O4. The fourth-order valence-electron chi connectivity index (χ4n) is 1.73. The van der Waals surface area contributed by atoms with Crippen molar-refractivity contribution in [2.75, 3.05) is 0 Å². The van der Waals surface area contributed by atoms with E-state index in [2.05, 4.69) is 0 Å². The molecule has 0 unspecified atom stereocenters. The zero-order valence-electron chi connectivity index (χ0n) is 11.3. The van der Waals surface area contributed by atoms with Crippen LogP contribution in [0.3, 0.4) is 0 Å². The smallest absolute Gasteiger partial charge is 0.140 e. The molecule has 0 aromatic carbocycles. The van der Waals surface area contributed by atoms with Gasteiger partial charge in [0, 0.05) is 12.8 Å². The van der Waals surface area contributed by atoms with Crippen molar-refractivity contribution in [3.63, 3.8) is 0 Å². The van der Waals surface area contributed by atoms with E-state index < -0.39 is 0 Å². The molecule has 0 spiro atoms. The number of carbonyl (C=O) groups excluding carboxylic acids is 4. The summed E-state index contributed by atoms with van der Waals surface area (Å²) in [7, 11) is 0. The second-order valence-electron chi connectivity index (χ2n) is 4.75. The van der Waals surface area contributed by atoms with E-state index in [1.165, 1.54) is 13.8 Å². The Morgan fingerprint density at radius 3 is 1.22 bits per heavy atom. The minimum Gasteiger partial charge on any atom is -0.300 e. The predicted molar refractivity (Wildman–Crippen MR) is 68.3 cm³/mol. The van der Waals surface area contributed by atoms with Crippen molar-refractivity contribution in [3.8, 4) is 0 Å². The van der Waals surface area contributed by atoms with E-state index in [0.717, 1.165) is 25.7 Å². The third kappa shape index (κ3) is 11.2. The van der Waals surface area contributed by atoms with E-state index in [0.29, 0.717) is 12.8 Å². The molecule has 0 aromatic heterocycles. The maximum atomic E-state index is 11.2. The van der Waals surface area contributed by atoms with Gasteiger partial charge in [-0.2, -0.15) is 0 Å². The molecule has 102 valence electrons. The standard InChI is InChI=1S/C14H22O4/c1-11(15)9-13(17)7-5-3-4-6-8-14(18)10-12(2)16/h3-10H2,1-2H3. The number of ketones is 4. The third-order valence-electron chi connectivity index (χ3n) is 2.55. The second-order valence-corrected chi connectivity index (χ2v) is 4.75. The van der Waals surface area contributed by atoms with Gasteiger partial charge in [0.1, 0.15) is 23.1 Å². The van der Waals surface area contributed by atoms with Crippen molar-refractivity contribution in [2.24, 2.45) is 0 Å². The molecule has 0 radical (unpaired) electrons. The molecule has 18 heavy (non-hydrogen) atoms. The first-order valence-electron chi connectivity index (χ1n) is 6.44. The number of unbranched alkanes of at least 4 members (excludes halogenated alkanes) is 3. The zero-order valence-corrected chi connectivity index (χ0v) is 11.3. The van der Waals surface area contributed by atoms with Gasteiger partial charge in [-0.15, -0.1) is 0 Å². The van der Waals surface area contributed by atoms with E-state index in [4.69, 9.17) is 0 Å². The van der Waals surface area contributed by atoms with Crippen molar-refractivity contribution in [2.45, 2.75) is 65.2 Å². The van der Waals surface area contributed by atoms with Crippen LogP contribution in [-0.4, -0.2) is 23.1 Å². The molecule has 0 bridgehead atoms. The molecule has 0 saturated carbocycles. The molecule has 4 heteroatoms. The SMILES string of the molecule is CC(=O)CC(=O)CCCCCCC(=O)CC(C)=O. The quantitative estimate of drug-likeness (QED) is 0.419. The first-order valence-corrected chi connectivity index (χ1v) is 6.44. The van der Waals surface area contributed by atoms with Crippen LogP contribution in [0.2, 0.25) is 0 Å². The number of rotatable bonds is 11. The van der Waals surface area contributed by atoms with Crippen LogP contribution < -0.4 is 0 Å². The number of carbonyl (C=O) groups is 4. The largest absolute Gasteiger partial charge is 0.300 e. The van der Waals surface area contributed by atoms with Gasteiger partial charge >= 0.3 is 0 Å². The first kappa shape index (κ1) is 16.7. The van der Waals surface area contributed by atoms with Gasteiger partial charge in [-0.25, -0.2) is 0 Å². The molecular weight excluding hydrogens is 232 g/mol. The van der Waals surface area contributed by atoms with Crippen LogP contribution in [0.15, 0.2) is 0 Å². The van der Waals surface area contributed by atoms with Gasteiger partial charge in [0.2, 0.25) is 0 Å². The number of hydrogen-bond acceptors (Lipinski definition) is 4. The van der Waals surface area contributed by atoms with Gasteiger partial charge in [-0.1, -0.05) is 12.8 Å². The molecule has 0 aliphatic carbocycles. The van der Waals surface area contributed by atoms with Crippen LogP contribution in [0.5, 0.6) is 0 Å². The molecule has 0 aliphatic rings. The maximum Gasteiger partial charge on any atom is 0.140 e. The van der Waals surface area contributed by atoms with Gasteiger partial charge in [0.25, 0.3) is 0 Å². The van der Waals surface area contributed by atoms with Crippen molar-refractivity contribution < 1.29 is 19.2 Å². The lowest BCUT2D eigenvalue weighted by molar-refractivity contribution is -0.127.